The highest BCUT2D eigenvalue weighted by Gasteiger charge is 2.17. The number of halogens is 1. The Morgan fingerprint density at radius 3 is 2.60 bits per heavy atom. The van der Waals surface area contributed by atoms with E-state index in [-0.39, 0.29) is 5.41 Å². The van der Waals surface area contributed by atoms with Gasteiger partial charge in [0.25, 0.3) is 0 Å². The van der Waals surface area contributed by atoms with Gasteiger partial charge < -0.3 is 4.74 Å². The van der Waals surface area contributed by atoms with Crippen molar-refractivity contribution < 1.29 is 4.74 Å². The Bertz CT molecular complexity index is 590. The highest BCUT2D eigenvalue weighted by molar-refractivity contribution is 9.08. The van der Waals surface area contributed by atoms with Crippen molar-refractivity contribution in [3.8, 4) is 5.75 Å². The highest BCUT2D eigenvalue weighted by Crippen LogP contribution is 2.25. The standard InChI is InChI=1S/C15H19BrN2OS/c1-10-5-6-12(11(7-16)17-10)19-8-14-18-13(9-20-14)15(2,3)4/h5-6,9H,7-8H2,1-4H3. The fourth-order valence-corrected chi connectivity index (χ4v) is 3.02. The zero-order chi connectivity index (χ0) is 14.8. The van der Waals surface area contributed by atoms with Crippen LogP contribution in [0.25, 0.3) is 0 Å². The van der Waals surface area contributed by atoms with E-state index in [1.54, 1.807) is 11.3 Å². The maximum atomic E-state index is 5.85. The summed E-state index contributed by atoms with van der Waals surface area (Å²) in [5.74, 6) is 0.819. The van der Waals surface area contributed by atoms with Gasteiger partial charge in [0, 0.05) is 21.8 Å². The van der Waals surface area contributed by atoms with E-state index in [4.69, 9.17) is 4.74 Å². The van der Waals surface area contributed by atoms with E-state index in [0.717, 1.165) is 27.8 Å². The molecule has 0 saturated heterocycles. The van der Waals surface area contributed by atoms with Crippen LogP contribution in [0, 0.1) is 6.92 Å². The van der Waals surface area contributed by atoms with Crippen LogP contribution in [-0.4, -0.2) is 9.97 Å². The van der Waals surface area contributed by atoms with Gasteiger partial charge in [0.05, 0.1) is 11.4 Å². The van der Waals surface area contributed by atoms with Crippen molar-refractivity contribution in [2.24, 2.45) is 0 Å². The summed E-state index contributed by atoms with van der Waals surface area (Å²) in [6.07, 6.45) is 0. The third kappa shape index (κ3) is 3.79. The van der Waals surface area contributed by atoms with Gasteiger partial charge in [0.2, 0.25) is 0 Å². The van der Waals surface area contributed by atoms with E-state index >= 15 is 0 Å². The number of hydrogen-bond donors (Lipinski definition) is 0. The van der Waals surface area contributed by atoms with Crippen molar-refractivity contribution >= 4 is 27.3 Å². The van der Waals surface area contributed by atoms with Crippen LogP contribution >= 0.6 is 27.3 Å². The molecule has 2 aromatic rings. The van der Waals surface area contributed by atoms with E-state index < -0.39 is 0 Å². The fourth-order valence-electron chi connectivity index (χ4n) is 1.69. The Hall–Kier alpha value is -0.940. The smallest absolute Gasteiger partial charge is 0.142 e. The summed E-state index contributed by atoms with van der Waals surface area (Å²) in [5.41, 5.74) is 3.12. The third-order valence-electron chi connectivity index (χ3n) is 2.87. The summed E-state index contributed by atoms with van der Waals surface area (Å²) in [5, 5.41) is 3.79. The van der Waals surface area contributed by atoms with E-state index in [0.29, 0.717) is 11.9 Å². The number of thiazole rings is 1. The number of rotatable bonds is 4. The predicted octanol–water partition coefficient (Wildman–Crippen LogP) is 4.62. The van der Waals surface area contributed by atoms with Gasteiger partial charge >= 0.3 is 0 Å². The minimum Gasteiger partial charge on any atom is -0.484 e. The molecular formula is C15H19BrN2OS. The quantitative estimate of drug-likeness (QED) is 0.751. The van der Waals surface area contributed by atoms with Gasteiger partial charge in [-0.1, -0.05) is 36.7 Å². The van der Waals surface area contributed by atoms with Gasteiger partial charge in [0.15, 0.2) is 0 Å². The maximum Gasteiger partial charge on any atom is 0.142 e. The van der Waals surface area contributed by atoms with E-state index in [2.05, 4.69) is 52.0 Å². The minimum atomic E-state index is 0.0845. The molecule has 5 heteroatoms. The summed E-state index contributed by atoms with van der Waals surface area (Å²) >= 11 is 5.09. The molecule has 0 bridgehead atoms. The molecule has 3 nitrogen and oxygen atoms in total. The summed E-state index contributed by atoms with van der Waals surface area (Å²) in [6, 6.07) is 3.93. The van der Waals surface area contributed by atoms with Crippen LogP contribution in [0.3, 0.4) is 0 Å². The zero-order valence-electron chi connectivity index (χ0n) is 12.2. The average molecular weight is 355 g/mol. The molecule has 0 amide bonds. The first kappa shape index (κ1) is 15.4. The summed E-state index contributed by atoms with van der Waals surface area (Å²) in [4.78, 5) is 9.09. The molecule has 0 radical (unpaired) electrons. The lowest BCUT2D eigenvalue weighted by Gasteiger charge is -2.14. The normalized spacial score (nSPS) is 11.7. The average Bonchev–Trinajstić information content (AvgIpc) is 2.86. The first-order valence-electron chi connectivity index (χ1n) is 6.50. The highest BCUT2D eigenvalue weighted by atomic mass is 79.9. The van der Waals surface area contributed by atoms with Crippen LogP contribution < -0.4 is 4.74 Å². The molecular weight excluding hydrogens is 336 g/mol. The molecule has 2 heterocycles. The van der Waals surface area contributed by atoms with Gasteiger partial charge in [-0.2, -0.15) is 0 Å². The molecule has 2 aromatic heterocycles. The Kier molecular flexibility index (Phi) is 4.81. The molecule has 0 saturated carbocycles. The molecule has 2 rings (SSSR count). The summed E-state index contributed by atoms with van der Waals surface area (Å²) in [6.45, 7) is 8.97. The van der Waals surface area contributed by atoms with E-state index in [1.807, 2.05) is 19.1 Å². The molecule has 0 spiro atoms. The topological polar surface area (TPSA) is 35.0 Å². The van der Waals surface area contributed by atoms with Crippen LogP contribution in [0.2, 0.25) is 0 Å². The third-order valence-corrected chi connectivity index (χ3v) is 4.22. The predicted molar refractivity (Wildman–Crippen MR) is 86.8 cm³/mol. The SMILES string of the molecule is Cc1ccc(OCc2nc(C(C)(C)C)cs2)c(CBr)n1. The second-order valence-electron chi connectivity index (χ2n) is 5.70. The van der Waals surface area contributed by atoms with Crippen LogP contribution in [0.15, 0.2) is 17.5 Å². The van der Waals surface area contributed by atoms with Gasteiger partial charge in [-0.25, -0.2) is 4.98 Å². The Labute approximate surface area is 132 Å². The number of ether oxygens (including phenoxy) is 1. The number of pyridine rings is 1. The van der Waals surface area contributed by atoms with Crippen molar-refractivity contribution in [2.45, 2.75) is 45.0 Å². The van der Waals surface area contributed by atoms with Crippen molar-refractivity contribution in [3.05, 3.63) is 39.6 Å². The molecule has 20 heavy (non-hydrogen) atoms. The molecule has 0 aliphatic carbocycles. The summed E-state index contributed by atoms with van der Waals surface area (Å²) in [7, 11) is 0. The van der Waals surface area contributed by atoms with E-state index in [1.165, 1.54) is 0 Å². The second-order valence-corrected chi connectivity index (χ2v) is 7.20. The number of aryl methyl sites for hydroxylation is 1. The molecule has 0 aliphatic heterocycles. The van der Waals surface area contributed by atoms with Crippen LogP contribution in [-0.2, 0) is 17.4 Å². The molecule has 108 valence electrons. The molecule has 0 aromatic carbocycles. The van der Waals surface area contributed by atoms with E-state index in [9.17, 15) is 0 Å². The van der Waals surface area contributed by atoms with Crippen LogP contribution in [0.5, 0.6) is 5.75 Å². The lowest BCUT2D eigenvalue weighted by Crippen LogP contribution is -2.11. The molecule has 0 unspecified atom stereocenters. The zero-order valence-corrected chi connectivity index (χ0v) is 14.6. The lowest BCUT2D eigenvalue weighted by molar-refractivity contribution is 0.301. The van der Waals surface area contributed by atoms with Gasteiger partial charge in [-0.15, -0.1) is 11.3 Å². The Morgan fingerprint density at radius 2 is 2.00 bits per heavy atom. The lowest BCUT2D eigenvalue weighted by atomic mass is 9.93. The van der Waals surface area contributed by atoms with Crippen molar-refractivity contribution in [2.75, 3.05) is 0 Å². The monoisotopic (exact) mass is 354 g/mol. The molecule has 0 fully saturated rings. The first-order chi connectivity index (χ1) is 9.40. The molecule has 0 atom stereocenters. The minimum absolute atomic E-state index is 0.0845. The molecule has 0 N–H and O–H groups in total. The summed E-state index contributed by atoms with van der Waals surface area (Å²) < 4.78 is 5.85. The van der Waals surface area contributed by atoms with Gasteiger partial charge in [0.1, 0.15) is 17.4 Å². The first-order valence-corrected chi connectivity index (χ1v) is 8.50. The molecule has 0 aliphatic rings. The van der Waals surface area contributed by atoms with Gasteiger partial charge in [-0.3, -0.25) is 4.98 Å². The van der Waals surface area contributed by atoms with Gasteiger partial charge in [-0.05, 0) is 19.1 Å². The maximum absolute atomic E-state index is 5.85. The fraction of sp³-hybridized carbons (Fsp3) is 0.467. The Balaban J connectivity index is 2.07. The number of alkyl halides is 1. The van der Waals surface area contributed by atoms with Crippen molar-refractivity contribution in [3.63, 3.8) is 0 Å². The Morgan fingerprint density at radius 1 is 1.25 bits per heavy atom. The van der Waals surface area contributed by atoms with Crippen LogP contribution in [0.4, 0.5) is 0 Å². The number of hydrogen-bond acceptors (Lipinski definition) is 4. The van der Waals surface area contributed by atoms with Crippen molar-refractivity contribution in [1.82, 2.24) is 9.97 Å². The van der Waals surface area contributed by atoms with Crippen molar-refractivity contribution in [1.29, 1.82) is 0 Å². The van der Waals surface area contributed by atoms with Crippen LogP contribution in [0.1, 0.15) is 42.9 Å². The second kappa shape index (κ2) is 6.22. The number of nitrogens with zero attached hydrogens (tertiary/aromatic N) is 2. The number of aromatic nitrogens is 2. The largest absolute Gasteiger partial charge is 0.484 e.